The number of nitrogens with one attached hydrogen (secondary N) is 1. The first-order valence-electron chi connectivity index (χ1n) is 22.6. The number of ether oxygens (including phenoxy) is 2. The Bertz CT molecular complexity index is 2730. The SMILES string of the molecule is Cc1nn(C)c(C)c1-c1c(Cl)ccc2c(CCCOc3cccc4c3CCCC4)c(C(=O)O)n(CCN3CCN(C(=O)COc4cccc5c4CN(C4CCC(=O)NC4=O)C5=O)CC3)c12. The average molecular weight is 904 g/mol. The molecule has 2 saturated heterocycles. The van der Waals surface area contributed by atoms with Crippen LogP contribution < -0.4 is 14.8 Å². The van der Waals surface area contributed by atoms with Crippen molar-refractivity contribution in [1.82, 2.24) is 34.4 Å². The van der Waals surface area contributed by atoms with Crippen LogP contribution in [-0.2, 0) is 53.8 Å². The number of fused-ring (bicyclic) bond motifs is 3. The Morgan fingerprint density at radius 3 is 2.38 bits per heavy atom. The zero-order chi connectivity index (χ0) is 45.5. The molecule has 340 valence electrons. The number of benzene rings is 3. The van der Waals surface area contributed by atoms with Crippen LogP contribution in [0.15, 0.2) is 48.5 Å². The van der Waals surface area contributed by atoms with Crippen LogP contribution in [0.2, 0.25) is 5.02 Å². The highest BCUT2D eigenvalue weighted by molar-refractivity contribution is 6.35. The minimum absolute atomic E-state index is 0.143. The lowest BCUT2D eigenvalue weighted by Gasteiger charge is -2.35. The lowest BCUT2D eigenvalue weighted by Crippen LogP contribution is -2.52. The summed E-state index contributed by atoms with van der Waals surface area (Å²) in [6.45, 7) is 7.28. The van der Waals surface area contributed by atoms with Gasteiger partial charge < -0.3 is 28.9 Å². The fraction of sp³-hybridized carbons (Fsp3) is 0.429. The number of imide groups is 1. The van der Waals surface area contributed by atoms with Crippen LogP contribution in [0.3, 0.4) is 0 Å². The Morgan fingerprint density at radius 2 is 1.65 bits per heavy atom. The number of carbonyl (C=O) groups is 5. The summed E-state index contributed by atoms with van der Waals surface area (Å²) in [5.74, 6) is -1.03. The Kier molecular flexibility index (Phi) is 12.4. The normalized spacial score (nSPS) is 17.7. The van der Waals surface area contributed by atoms with Crippen molar-refractivity contribution in [2.75, 3.05) is 45.9 Å². The second kappa shape index (κ2) is 18.4. The third-order valence-corrected chi connectivity index (χ3v) is 14.0. The van der Waals surface area contributed by atoms with Gasteiger partial charge in [-0.3, -0.25) is 34.1 Å². The Labute approximate surface area is 382 Å². The van der Waals surface area contributed by atoms with E-state index >= 15 is 0 Å². The lowest BCUT2D eigenvalue weighted by atomic mass is 9.91. The number of halogens is 1. The van der Waals surface area contributed by atoms with E-state index in [0.29, 0.717) is 80.6 Å². The minimum atomic E-state index is -1.01. The summed E-state index contributed by atoms with van der Waals surface area (Å²) in [6, 6.07) is 14.4. The molecule has 1 atom stereocenters. The van der Waals surface area contributed by atoms with Gasteiger partial charge in [0.15, 0.2) is 6.61 Å². The predicted molar refractivity (Wildman–Crippen MR) is 243 cm³/mol. The van der Waals surface area contributed by atoms with E-state index < -0.39 is 17.9 Å². The largest absolute Gasteiger partial charge is 0.493 e. The molecule has 65 heavy (non-hydrogen) atoms. The second-order valence-corrected chi connectivity index (χ2v) is 17.9. The number of nitrogens with zero attached hydrogens (tertiary/aromatic N) is 6. The van der Waals surface area contributed by atoms with Gasteiger partial charge in [0.2, 0.25) is 11.8 Å². The van der Waals surface area contributed by atoms with Gasteiger partial charge in [-0.25, -0.2) is 4.79 Å². The highest BCUT2D eigenvalue weighted by Gasteiger charge is 2.40. The molecule has 1 unspecified atom stereocenters. The fourth-order valence-corrected chi connectivity index (χ4v) is 10.5. The van der Waals surface area contributed by atoms with Gasteiger partial charge in [-0.05, 0) is 99.7 Å². The number of carboxylic acid groups (broad SMARTS) is 1. The third-order valence-electron chi connectivity index (χ3n) is 13.7. The van der Waals surface area contributed by atoms with Crippen molar-refractivity contribution >= 4 is 52.1 Å². The van der Waals surface area contributed by atoms with Crippen LogP contribution >= 0.6 is 11.6 Å². The molecular formula is C49H54ClN7O8. The molecule has 1 aliphatic carbocycles. The van der Waals surface area contributed by atoms with Crippen molar-refractivity contribution in [3.05, 3.63) is 98.5 Å². The van der Waals surface area contributed by atoms with Gasteiger partial charge in [0.05, 0.1) is 29.4 Å². The highest BCUT2D eigenvalue weighted by Crippen LogP contribution is 2.42. The number of piperidine rings is 1. The smallest absolute Gasteiger partial charge is 0.352 e. The summed E-state index contributed by atoms with van der Waals surface area (Å²) >= 11 is 7.08. The molecule has 0 radical (unpaired) electrons. The molecule has 0 bridgehead atoms. The maximum Gasteiger partial charge on any atom is 0.352 e. The van der Waals surface area contributed by atoms with E-state index in [1.165, 1.54) is 22.4 Å². The number of hydrogen-bond acceptors (Lipinski definition) is 9. The van der Waals surface area contributed by atoms with Crippen LogP contribution in [0.25, 0.3) is 22.0 Å². The van der Waals surface area contributed by atoms with Crippen molar-refractivity contribution in [3.63, 3.8) is 0 Å². The number of aromatic nitrogens is 3. The molecule has 4 aliphatic rings. The number of rotatable bonds is 14. The van der Waals surface area contributed by atoms with Crippen molar-refractivity contribution in [2.45, 2.75) is 84.3 Å². The van der Waals surface area contributed by atoms with Gasteiger partial charge in [-0.15, -0.1) is 0 Å². The van der Waals surface area contributed by atoms with E-state index in [9.17, 15) is 29.1 Å². The standard InChI is InChI=1S/C49H54ClN7O8/c1-29-43(30(2)53(3)52-29)44-37(50)17-16-34-33(13-8-26-64-39-14-6-10-31-9-4-5-11-32(31)39)46(49(62)63)56(45(34)44)25-22-54-20-23-55(24-21-54)42(59)28-65-40-15-7-12-35-36(40)27-57(48(35)61)38-18-19-41(58)51-47(38)60/h6-7,10,12,14-17,38H,4-5,8-9,11,13,18-28H2,1-3H3,(H,62,63)(H,51,58,60). The molecule has 9 rings (SSSR count). The molecule has 2 fully saturated rings. The van der Waals surface area contributed by atoms with Gasteiger partial charge in [-0.1, -0.05) is 35.9 Å². The summed E-state index contributed by atoms with van der Waals surface area (Å²) in [5, 5.41) is 19.3. The van der Waals surface area contributed by atoms with Crippen LogP contribution in [-0.4, -0.2) is 116 Å². The van der Waals surface area contributed by atoms with Gasteiger partial charge in [0, 0.05) is 86.1 Å². The first-order chi connectivity index (χ1) is 31.4. The van der Waals surface area contributed by atoms with Gasteiger partial charge in [0.25, 0.3) is 11.8 Å². The van der Waals surface area contributed by atoms with Crippen LogP contribution in [0.1, 0.15) is 86.6 Å². The van der Waals surface area contributed by atoms with Crippen molar-refractivity contribution in [1.29, 1.82) is 0 Å². The molecule has 3 aliphatic heterocycles. The fourth-order valence-electron chi connectivity index (χ4n) is 10.3. The molecule has 2 N–H and O–H groups in total. The molecular weight excluding hydrogens is 850 g/mol. The topological polar surface area (TPSA) is 169 Å². The number of aromatic carboxylic acids is 1. The van der Waals surface area contributed by atoms with Crippen molar-refractivity contribution < 1.29 is 38.6 Å². The third kappa shape index (κ3) is 8.47. The van der Waals surface area contributed by atoms with E-state index in [-0.39, 0.29) is 49.4 Å². The maximum atomic E-state index is 13.5. The van der Waals surface area contributed by atoms with E-state index in [1.807, 2.05) is 48.3 Å². The Hall–Kier alpha value is -6.19. The van der Waals surface area contributed by atoms with E-state index in [2.05, 4.69) is 22.3 Å². The first-order valence-corrected chi connectivity index (χ1v) is 23.0. The van der Waals surface area contributed by atoms with E-state index in [0.717, 1.165) is 64.0 Å². The summed E-state index contributed by atoms with van der Waals surface area (Å²) in [7, 11) is 1.89. The van der Waals surface area contributed by atoms with Crippen LogP contribution in [0, 0.1) is 13.8 Å². The summed E-state index contributed by atoms with van der Waals surface area (Å²) < 4.78 is 16.1. The summed E-state index contributed by atoms with van der Waals surface area (Å²) in [5.41, 5.74) is 8.79. The molecule has 5 aromatic rings. The number of carboxylic acids is 1. The Morgan fingerprint density at radius 1 is 0.892 bits per heavy atom. The Balaban J connectivity index is 0.890. The zero-order valence-electron chi connectivity index (χ0n) is 37.1. The molecule has 15 nitrogen and oxygen atoms in total. The predicted octanol–water partition coefficient (Wildman–Crippen LogP) is 5.88. The maximum absolute atomic E-state index is 13.5. The molecule has 0 spiro atoms. The van der Waals surface area contributed by atoms with Crippen molar-refractivity contribution in [2.24, 2.45) is 7.05 Å². The molecule has 4 amide bonds. The van der Waals surface area contributed by atoms with Gasteiger partial charge >= 0.3 is 5.97 Å². The summed E-state index contributed by atoms with van der Waals surface area (Å²) in [4.78, 5) is 69.9. The average Bonchev–Trinajstić information content (AvgIpc) is 3.90. The molecule has 2 aromatic heterocycles. The zero-order valence-corrected chi connectivity index (χ0v) is 37.8. The first kappa shape index (κ1) is 44.0. The van der Waals surface area contributed by atoms with E-state index in [1.54, 1.807) is 23.1 Å². The molecule has 5 heterocycles. The van der Waals surface area contributed by atoms with Gasteiger partial charge in [-0.2, -0.15) is 5.10 Å². The molecule has 16 heteroatoms. The van der Waals surface area contributed by atoms with Crippen molar-refractivity contribution in [3.8, 4) is 22.6 Å². The number of hydrogen-bond donors (Lipinski definition) is 2. The number of amides is 4. The number of carbonyl (C=O) groups excluding carboxylic acids is 4. The molecule has 0 saturated carbocycles. The quantitative estimate of drug-likeness (QED) is 0.101. The number of aryl methyl sites for hydroxylation is 4. The number of piperazine rings is 1. The lowest BCUT2D eigenvalue weighted by molar-refractivity contribution is -0.137. The second-order valence-electron chi connectivity index (χ2n) is 17.5. The molecule has 3 aromatic carbocycles. The highest BCUT2D eigenvalue weighted by atomic mass is 35.5. The minimum Gasteiger partial charge on any atom is -0.493 e. The van der Waals surface area contributed by atoms with E-state index in [4.69, 9.17) is 26.2 Å². The monoisotopic (exact) mass is 903 g/mol. The van der Waals surface area contributed by atoms with Gasteiger partial charge in [0.1, 0.15) is 23.2 Å². The summed E-state index contributed by atoms with van der Waals surface area (Å²) in [6.07, 6.45) is 5.94. The van der Waals surface area contributed by atoms with Crippen LogP contribution in [0.4, 0.5) is 0 Å². The van der Waals surface area contributed by atoms with Crippen LogP contribution in [0.5, 0.6) is 11.5 Å².